The predicted octanol–water partition coefficient (Wildman–Crippen LogP) is 0.405. The Bertz CT molecular complexity index is 325. The van der Waals surface area contributed by atoms with Gasteiger partial charge in [-0.2, -0.15) is 4.68 Å². The van der Waals surface area contributed by atoms with Crippen molar-refractivity contribution in [1.29, 1.82) is 0 Å². The number of carbonyl (C=O) groups is 1. The molecule has 0 fully saturated rings. The van der Waals surface area contributed by atoms with E-state index in [-0.39, 0.29) is 18.7 Å². The molecule has 7 nitrogen and oxygen atoms in total. The third kappa shape index (κ3) is 2.72. The van der Waals surface area contributed by atoms with Crippen molar-refractivity contribution in [3.05, 3.63) is 5.82 Å². The van der Waals surface area contributed by atoms with E-state index in [2.05, 4.69) is 15.5 Å². The number of tetrazole rings is 1. The highest BCUT2D eigenvalue weighted by Gasteiger charge is 2.20. The summed E-state index contributed by atoms with van der Waals surface area (Å²) < 4.78 is 11.4. The van der Waals surface area contributed by atoms with Crippen molar-refractivity contribution < 1.29 is 14.3 Å². The van der Waals surface area contributed by atoms with E-state index >= 15 is 0 Å². The second-order valence-corrected chi connectivity index (χ2v) is 2.72. The number of nitrogens with zero attached hydrogens (tertiary/aromatic N) is 4. The van der Waals surface area contributed by atoms with Gasteiger partial charge in [-0.1, -0.05) is 0 Å². The summed E-state index contributed by atoms with van der Waals surface area (Å²) in [7, 11) is 0. The molecule has 0 amide bonds. The third-order valence-corrected chi connectivity index (χ3v) is 1.70. The fourth-order valence-electron chi connectivity index (χ4n) is 1.08. The molecule has 0 saturated carbocycles. The first-order chi connectivity index (χ1) is 7.20. The number of esters is 1. The van der Waals surface area contributed by atoms with Gasteiger partial charge in [-0.25, -0.2) is 4.79 Å². The molecule has 0 aliphatic heterocycles. The summed E-state index contributed by atoms with van der Waals surface area (Å²) in [6.45, 7) is 6.13. The molecule has 1 rings (SSSR count). The summed E-state index contributed by atoms with van der Waals surface area (Å²) in [6.07, 6.45) is -0.385. The average molecular weight is 214 g/mol. The molecular weight excluding hydrogens is 200 g/mol. The van der Waals surface area contributed by atoms with Crippen LogP contribution in [0.4, 0.5) is 0 Å². The van der Waals surface area contributed by atoms with Gasteiger partial charge in [-0.15, -0.1) is 5.10 Å². The molecule has 15 heavy (non-hydrogen) atoms. The van der Waals surface area contributed by atoms with Gasteiger partial charge < -0.3 is 9.47 Å². The normalized spacial score (nSPS) is 12.5. The minimum absolute atomic E-state index is 0.0535. The molecular formula is C8H14N4O3. The zero-order valence-corrected chi connectivity index (χ0v) is 9.01. The van der Waals surface area contributed by atoms with Crippen molar-refractivity contribution in [2.24, 2.45) is 0 Å². The van der Waals surface area contributed by atoms with Crippen LogP contribution in [-0.4, -0.2) is 39.4 Å². The van der Waals surface area contributed by atoms with Gasteiger partial charge in [0.05, 0.1) is 6.61 Å². The highest BCUT2D eigenvalue weighted by atomic mass is 16.5. The third-order valence-electron chi connectivity index (χ3n) is 1.70. The Morgan fingerprint density at radius 1 is 1.47 bits per heavy atom. The van der Waals surface area contributed by atoms with E-state index in [1.165, 1.54) is 4.68 Å². The lowest BCUT2D eigenvalue weighted by molar-refractivity contribution is 0.00894. The van der Waals surface area contributed by atoms with Gasteiger partial charge in [-0.3, -0.25) is 0 Å². The highest BCUT2D eigenvalue weighted by Crippen LogP contribution is 2.08. The molecule has 0 aromatic carbocycles. The topological polar surface area (TPSA) is 79.1 Å². The maximum atomic E-state index is 11.4. The maximum Gasteiger partial charge on any atom is 0.378 e. The monoisotopic (exact) mass is 214 g/mol. The van der Waals surface area contributed by atoms with Crippen molar-refractivity contribution >= 4 is 5.97 Å². The van der Waals surface area contributed by atoms with Gasteiger partial charge in [0.2, 0.25) is 0 Å². The fourth-order valence-corrected chi connectivity index (χ4v) is 1.08. The van der Waals surface area contributed by atoms with Crippen LogP contribution in [0.3, 0.4) is 0 Å². The first kappa shape index (κ1) is 11.6. The zero-order chi connectivity index (χ0) is 11.3. The van der Waals surface area contributed by atoms with Crippen molar-refractivity contribution in [1.82, 2.24) is 20.2 Å². The Morgan fingerprint density at radius 2 is 2.20 bits per heavy atom. The van der Waals surface area contributed by atoms with Gasteiger partial charge in [0.15, 0.2) is 6.23 Å². The second kappa shape index (κ2) is 5.40. The Hall–Kier alpha value is -1.50. The Kier molecular flexibility index (Phi) is 4.17. The quantitative estimate of drug-likeness (QED) is 0.660. The number of aromatic nitrogens is 4. The highest BCUT2D eigenvalue weighted by molar-refractivity contribution is 5.85. The van der Waals surface area contributed by atoms with Crippen LogP contribution in [0.2, 0.25) is 0 Å². The molecule has 0 spiro atoms. The molecule has 1 aromatic heterocycles. The minimum Gasteiger partial charge on any atom is -0.460 e. The smallest absolute Gasteiger partial charge is 0.378 e. The van der Waals surface area contributed by atoms with Gasteiger partial charge in [-0.05, 0) is 31.2 Å². The van der Waals surface area contributed by atoms with Gasteiger partial charge in [0, 0.05) is 6.61 Å². The summed E-state index contributed by atoms with van der Waals surface area (Å²) in [5.41, 5.74) is 0. The van der Waals surface area contributed by atoms with Crippen LogP contribution in [0.15, 0.2) is 0 Å². The lowest BCUT2D eigenvalue weighted by Crippen LogP contribution is -2.19. The van der Waals surface area contributed by atoms with Crippen LogP contribution in [0, 0.1) is 0 Å². The Morgan fingerprint density at radius 3 is 2.80 bits per heavy atom. The van der Waals surface area contributed by atoms with Crippen LogP contribution in [0.5, 0.6) is 0 Å². The molecule has 0 radical (unpaired) electrons. The van der Waals surface area contributed by atoms with Crippen LogP contribution in [0.1, 0.15) is 37.6 Å². The van der Waals surface area contributed by atoms with Gasteiger partial charge >= 0.3 is 5.97 Å². The summed E-state index contributed by atoms with van der Waals surface area (Å²) in [6, 6.07) is 0. The standard InChI is InChI=1S/C8H14N4O3/c1-4-14-6(3)12-7(9-10-11-12)8(13)15-5-2/h6H,4-5H2,1-3H3. The molecule has 1 unspecified atom stereocenters. The van der Waals surface area contributed by atoms with Crippen LogP contribution < -0.4 is 0 Å². The fraction of sp³-hybridized carbons (Fsp3) is 0.750. The Labute approximate surface area is 87.4 Å². The number of ether oxygens (including phenoxy) is 2. The first-order valence-electron chi connectivity index (χ1n) is 4.77. The van der Waals surface area contributed by atoms with Crippen LogP contribution in [-0.2, 0) is 9.47 Å². The summed E-state index contributed by atoms with van der Waals surface area (Å²) in [5.74, 6) is -0.494. The van der Waals surface area contributed by atoms with Crippen molar-refractivity contribution in [2.45, 2.75) is 27.0 Å². The average Bonchev–Trinajstić information content (AvgIpc) is 2.66. The number of hydrogen-bond donors (Lipinski definition) is 0. The molecule has 0 aliphatic rings. The first-order valence-corrected chi connectivity index (χ1v) is 4.77. The van der Waals surface area contributed by atoms with E-state index < -0.39 is 5.97 Å². The lowest BCUT2D eigenvalue weighted by atomic mass is 10.5. The summed E-state index contributed by atoms with van der Waals surface area (Å²) in [5, 5.41) is 10.7. The summed E-state index contributed by atoms with van der Waals surface area (Å²) in [4.78, 5) is 11.4. The van der Waals surface area contributed by atoms with Gasteiger partial charge in [0.25, 0.3) is 5.82 Å². The van der Waals surface area contributed by atoms with Crippen molar-refractivity contribution in [3.63, 3.8) is 0 Å². The van der Waals surface area contributed by atoms with E-state index in [0.29, 0.717) is 6.61 Å². The van der Waals surface area contributed by atoms with Crippen LogP contribution in [0.25, 0.3) is 0 Å². The molecule has 0 saturated heterocycles. The predicted molar refractivity (Wildman–Crippen MR) is 50.1 cm³/mol. The SMILES string of the molecule is CCOC(=O)c1nnnn1C(C)OCC. The van der Waals surface area contributed by atoms with E-state index in [4.69, 9.17) is 9.47 Å². The molecule has 0 aliphatic carbocycles. The van der Waals surface area contributed by atoms with Gasteiger partial charge in [0.1, 0.15) is 0 Å². The molecule has 0 bridgehead atoms. The van der Waals surface area contributed by atoms with E-state index in [1.54, 1.807) is 13.8 Å². The van der Waals surface area contributed by atoms with E-state index in [0.717, 1.165) is 0 Å². The Balaban J connectivity index is 2.81. The largest absolute Gasteiger partial charge is 0.460 e. The van der Waals surface area contributed by atoms with Crippen molar-refractivity contribution in [2.75, 3.05) is 13.2 Å². The second-order valence-electron chi connectivity index (χ2n) is 2.72. The number of hydrogen-bond acceptors (Lipinski definition) is 6. The zero-order valence-electron chi connectivity index (χ0n) is 9.01. The molecule has 84 valence electrons. The molecule has 0 N–H and O–H groups in total. The maximum absolute atomic E-state index is 11.4. The number of carbonyl (C=O) groups excluding carboxylic acids is 1. The minimum atomic E-state index is -0.547. The van der Waals surface area contributed by atoms with Crippen molar-refractivity contribution in [3.8, 4) is 0 Å². The summed E-state index contributed by atoms with van der Waals surface area (Å²) >= 11 is 0. The lowest BCUT2D eigenvalue weighted by Gasteiger charge is -2.11. The van der Waals surface area contributed by atoms with E-state index in [9.17, 15) is 4.79 Å². The number of rotatable bonds is 5. The molecule has 7 heteroatoms. The van der Waals surface area contributed by atoms with Crippen LogP contribution >= 0.6 is 0 Å². The molecule has 1 aromatic rings. The van der Waals surface area contributed by atoms with E-state index in [1.807, 2.05) is 6.92 Å². The molecule has 1 heterocycles. The molecule has 1 atom stereocenters.